The van der Waals surface area contributed by atoms with E-state index in [9.17, 15) is 23.1 Å². The maximum Gasteiger partial charge on any atom is 0.435 e. The SMILES string of the molecule is COc1ccc(NC(=O)c2ccc(-c3cc(C(F)(F)F)nn3-c3ccccc3Cl)cc2)cc1O.[HH]. The van der Waals surface area contributed by atoms with Crippen LogP contribution in [0.25, 0.3) is 16.9 Å². The Morgan fingerprint density at radius 2 is 1.79 bits per heavy atom. The summed E-state index contributed by atoms with van der Waals surface area (Å²) in [6, 6.07) is 17.7. The fraction of sp³-hybridized carbons (Fsp3) is 0.0833. The Hall–Kier alpha value is -3.98. The zero-order valence-corrected chi connectivity index (χ0v) is 18.4. The molecule has 10 heteroatoms. The lowest BCUT2D eigenvalue weighted by Crippen LogP contribution is -2.11. The van der Waals surface area contributed by atoms with Crippen molar-refractivity contribution >= 4 is 23.2 Å². The van der Waals surface area contributed by atoms with Crippen molar-refractivity contribution < 1.29 is 29.2 Å². The number of amides is 1. The van der Waals surface area contributed by atoms with Crippen molar-refractivity contribution in [3.05, 3.63) is 89.1 Å². The van der Waals surface area contributed by atoms with Crippen LogP contribution in [0.3, 0.4) is 0 Å². The van der Waals surface area contributed by atoms with E-state index in [0.29, 0.717) is 11.3 Å². The summed E-state index contributed by atoms with van der Waals surface area (Å²) >= 11 is 6.20. The number of hydrogen-bond donors (Lipinski definition) is 2. The molecule has 0 radical (unpaired) electrons. The summed E-state index contributed by atoms with van der Waals surface area (Å²) in [6.45, 7) is 0. The van der Waals surface area contributed by atoms with Crippen molar-refractivity contribution in [1.82, 2.24) is 9.78 Å². The van der Waals surface area contributed by atoms with Crippen LogP contribution in [0.5, 0.6) is 11.5 Å². The van der Waals surface area contributed by atoms with E-state index in [2.05, 4.69) is 10.4 Å². The van der Waals surface area contributed by atoms with Gasteiger partial charge in [0.1, 0.15) is 0 Å². The molecular formula is C24H19ClF3N3O3. The second kappa shape index (κ2) is 9.11. The molecule has 0 fully saturated rings. The molecule has 0 saturated heterocycles. The molecule has 4 rings (SSSR count). The van der Waals surface area contributed by atoms with Gasteiger partial charge in [-0.05, 0) is 42.5 Å². The number of phenols is 1. The maximum absolute atomic E-state index is 13.4. The van der Waals surface area contributed by atoms with Gasteiger partial charge in [0.15, 0.2) is 17.2 Å². The summed E-state index contributed by atoms with van der Waals surface area (Å²) in [5.41, 5.74) is 0.395. The van der Waals surface area contributed by atoms with Crippen LogP contribution < -0.4 is 10.1 Å². The van der Waals surface area contributed by atoms with Crippen LogP contribution in [0.1, 0.15) is 17.5 Å². The lowest BCUT2D eigenvalue weighted by atomic mass is 10.1. The second-order valence-corrected chi connectivity index (χ2v) is 7.60. The number of nitrogens with one attached hydrogen (secondary N) is 1. The van der Waals surface area contributed by atoms with Crippen LogP contribution in [0.15, 0.2) is 72.8 Å². The molecule has 0 unspecified atom stereocenters. The first kappa shape index (κ1) is 23.2. The van der Waals surface area contributed by atoms with E-state index in [1.54, 1.807) is 30.3 Å². The number of carbonyl (C=O) groups is 1. The van der Waals surface area contributed by atoms with Gasteiger partial charge in [-0.2, -0.15) is 18.3 Å². The first-order valence-corrected chi connectivity index (χ1v) is 10.3. The van der Waals surface area contributed by atoms with Gasteiger partial charge in [0.2, 0.25) is 0 Å². The summed E-state index contributed by atoms with van der Waals surface area (Å²) in [7, 11) is 1.41. The molecule has 1 aromatic heterocycles. The molecule has 0 bridgehead atoms. The van der Waals surface area contributed by atoms with E-state index in [4.69, 9.17) is 16.3 Å². The molecule has 1 amide bonds. The minimum Gasteiger partial charge on any atom is -0.504 e. The lowest BCUT2D eigenvalue weighted by molar-refractivity contribution is -0.141. The number of aromatic hydroxyl groups is 1. The van der Waals surface area contributed by atoms with Gasteiger partial charge in [-0.1, -0.05) is 35.9 Å². The lowest BCUT2D eigenvalue weighted by Gasteiger charge is -2.11. The van der Waals surface area contributed by atoms with Crippen LogP contribution in [0.4, 0.5) is 18.9 Å². The topological polar surface area (TPSA) is 76.4 Å². The Labute approximate surface area is 198 Å². The van der Waals surface area contributed by atoms with E-state index >= 15 is 0 Å². The Kier molecular flexibility index (Phi) is 6.21. The predicted molar refractivity (Wildman–Crippen MR) is 124 cm³/mol. The third-order valence-electron chi connectivity index (χ3n) is 4.96. The van der Waals surface area contributed by atoms with Crippen molar-refractivity contribution in [3.8, 4) is 28.4 Å². The largest absolute Gasteiger partial charge is 0.504 e. The molecule has 0 spiro atoms. The first-order valence-electron chi connectivity index (χ1n) is 9.88. The summed E-state index contributed by atoms with van der Waals surface area (Å²) in [5.74, 6) is -0.341. The van der Waals surface area contributed by atoms with Gasteiger partial charge >= 0.3 is 6.18 Å². The molecule has 0 saturated carbocycles. The summed E-state index contributed by atoms with van der Waals surface area (Å²) in [6.07, 6.45) is -4.65. The number of phenolic OH excluding ortho intramolecular Hbond substituents is 1. The zero-order chi connectivity index (χ0) is 24.5. The summed E-state index contributed by atoms with van der Waals surface area (Å²) in [5, 5.41) is 16.5. The number of halogens is 4. The number of methoxy groups -OCH3 is 1. The third-order valence-corrected chi connectivity index (χ3v) is 5.28. The van der Waals surface area contributed by atoms with Crippen molar-refractivity contribution in [2.45, 2.75) is 6.18 Å². The third kappa shape index (κ3) is 4.69. The molecular weight excluding hydrogens is 471 g/mol. The van der Waals surface area contributed by atoms with Crippen LogP contribution in [0, 0.1) is 0 Å². The number of alkyl halides is 3. The monoisotopic (exact) mass is 489 g/mol. The molecule has 0 atom stereocenters. The van der Waals surface area contributed by atoms with Crippen LogP contribution in [-0.4, -0.2) is 27.9 Å². The average Bonchev–Trinajstić information content (AvgIpc) is 3.25. The number of aromatic nitrogens is 2. The second-order valence-electron chi connectivity index (χ2n) is 7.19. The minimum absolute atomic E-state index is 0. The molecule has 176 valence electrons. The van der Waals surface area contributed by atoms with Crippen LogP contribution in [-0.2, 0) is 6.18 Å². The standard InChI is InChI=1S/C24H17ClF3N3O3.H2/c1-34-21-11-10-16(12-20(21)32)29-23(33)15-8-6-14(7-9-15)19-13-22(24(26,27)28)30-31(19)18-5-3-2-4-17(18)25;/h2-13,32H,1H3,(H,29,33);1H. The number of nitrogens with zero attached hydrogens (tertiary/aromatic N) is 2. The van der Waals surface area contributed by atoms with Gasteiger partial charge in [-0.15, -0.1) is 0 Å². The number of hydrogen-bond acceptors (Lipinski definition) is 4. The number of rotatable bonds is 5. The first-order chi connectivity index (χ1) is 16.2. The molecule has 0 aliphatic heterocycles. The van der Waals surface area contributed by atoms with Crippen molar-refractivity contribution in [1.29, 1.82) is 0 Å². The fourth-order valence-electron chi connectivity index (χ4n) is 3.30. The number of carbonyl (C=O) groups excluding carboxylic acids is 1. The van der Waals surface area contributed by atoms with Gasteiger partial charge in [0.25, 0.3) is 5.91 Å². The van der Waals surface area contributed by atoms with Crippen molar-refractivity contribution in [2.24, 2.45) is 0 Å². The van der Waals surface area contributed by atoms with E-state index in [0.717, 1.165) is 10.7 Å². The molecule has 6 nitrogen and oxygen atoms in total. The highest BCUT2D eigenvalue weighted by Crippen LogP contribution is 2.35. The van der Waals surface area contributed by atoms with E-state index in [-0.39, 0.29) is 34.9 Å². The van der Waals surface area contributed by atoms with Gasteiger partial charge in [-0.3, -0.25) is 4.79 Å². The number of ether oxygens (including phenoxy) is 1. The van der Waals surface area contributed by atoms with Crippen molar-refractivity contribution in [3.63, 3.8) is 0 Å². The van der Waals surface area contributed by atoms with Crippen LogP contribution >= 0.6 is 11.6 Å². The Bertz CT molecular complexity index is 1360. The molecule has 0 aliphatic carbocycles. The maximum atomic E-state index is 13.4. The zero-order valence-electron chi connectivity index (χ0n) is 17.6. The van der Waals surface area contributed by atoms with Gasteiger partial charge < -0.3 is 15.2 Å². The summed E-state index contributed by atoms with van der Waals surface area (Å²) in [4.78, 5) is 12.6. The molecule has 4 aromatic rings. The van der Waals surface area contributed by atoms with E-state index < -0.39 is 17.8 Å². The Morgan fingerprint density at radius 1 is 1.09 bits per heavy atom. The summed E-state index contributed by atoms with van der Waals surface area (Å²) < 4.78 is 46.2. The Balaban J connectivity index is 0.00000342. The van der Waals surface area contributed by atoms with Crippen LogP contribution in [0.2, 0.25) is 5.02 Å². The number of anilines is 1. The Morgan fingerprint density at radius 3 is 2.41 bits per heavy atom. The van der Waals surface area contributed by atoms with E-state index in [1.807, 2.05) is 0 Å². The normalized spacial score (nSPS) is 11.3. The molecule has 2 N–H and O–H groups in total. The molecule has 3 aromatic carbocycles. The highest BCUT2D eigenvalue weighted by molar-refractivity contribution is 6.32. The predicted octanol–water partition coefficient (Wildman–Crippen LogP) is 6.42. The number of para-hydroxylation sites is 1. The number of benzene rings is 3. The minimum atomic E-state index is -4.65. The molecule has 1 heterocycles. The van der Waals surface area contributed by atoms with Crippen molar-refractivity contribution in [2.75, 3.05) is 12.4 Å². The smallest absolute Gasteiger partial charge is 0.435 e. The molecule has 34 heavy (non-hydrogen) atoms. The van der Waals surface area contributed by atoms with Gasteiger partial charge in [0.05, 0.1) is 23.5 Å². The molecule has 0 aliphatic rings. The van der Waals surface area contributed by atoms with Gasteiger partial charge in [-0.25, -0.2) is 4.68 Å². The highest BCUT2D eigenvalue weighted by atomic mass is 35.5. The van der Waals surface area contributed by atoms with Gasteiger partial charge in [0, 0.05) is 24.3 Å². The fourth-order valence-corrected chi connectivity index (χ4v) is 3.51. The highest BCUT2D eigenvalue weighted by Gasteiger charge is 2.35. The quantitative estimate of drug-likeness (QED) is 0.339. The van der Waals surface area contributed by atoms with E-state index in [1.165, 1.54) is 43.5 Å². The average molecular weight is 490 g/mol.